The van der Waals surface area contributed by atoms with Crippen molar-refractivity contribution in [1.29, 1.82) is 0 Å². The molecule has 0 saturated heterocycles. The molecule has 0 aromatic heterocycles. The second-order valence-electron chi connectivity index (χ2n) is 7.71. The molecule has 2 aromatic carbocycles. The van der Waals surface area contributed by atoms with Crippen molar-refractivity contribution in [3.8, 4) is 5.75 Å². The zero-order valence-electron chi connectivity index (χ0n) is 14.8. The number of benzene rings is 2. The predicted octanol–water partition coefficient (Wildman–Crippen LogP) is 2.73. The third kappa shape index (κ3) is 2.52. The second kappa shape index (κ2) is 6.13. The Balaban J connectivity index is 1.28. The number of carbonyl (C=O) groups excluding carboxylic acids is 1. The molecule has 1 fully saturated rings. The summed E-state index contributed by atoms with van der Waals surface area (Å²) in [6, 6.07) is 16.9. The molecule has 0 bridgehead atoms. The molecule has 1 saturated carbocycles. The molecule has 4 nitrogen and oxygen atoms in total. The van der Waals surface area contributed by atoms with Gasteiger partial charge < -0.3 is 15.4 Å². The molecule has 134 valence electrons. The first kappa shape index (κ1) is 15.9. The fourth-order valence-corrected chi connectivity index (χ4v) is 4.81. The van der Waals surface area contributed by atoms with Crippen LogP contribution >= 0.6 is 0 Å². The van der Waals surface area contributed by atoms with Crippen LogP contribution in [0.1, 0.15) is 35.6 Å². The van der Waals surface area contributed by atoms with E-state index in [1.165, 1.54) is 16.7 Å². The predicted molar refractivity (Wildman–Crippen MR) is 100 cm³/mol. The number of para-hydroxylation sites is 1. The van der Waals surface area contributed by atoms with Crippen LogP contribution in [0.3, 0.4) is 0 Å². The van der Waals surface area contributed by atoms with Crippen LogP contribution in [0.4, 0.5) is 0 Å². The molecule has 5 rings (SSSR count). The highest BCUT2D eigenvalue weighted by atomic mass is 16.5. The van der Waals surface area contributed by atoms with Crippen molar-refractivity contribution in [2.75, 3.05) is 19.7 Å². The SMILES string of the molecule is O=C(NCC1NCCc2ccccc21)C1CC12CCOc1ccccc12. The Morgan fingerprint density at radius 2 is 2.04 bits per heavy atom. The van der Waals surface area contributed by atoms with E-state index in [1.54, 1.807) is 0 Å². The van der Waals surface area contributed by atoms with Crippen LogP contribution in [0.25, 0.3) is 0 Å². The molecular weight excluding hydrogens is 324 g/mol. The summed E-state index contributed by atoms with van der Waals surface area (Å²) in [4.78, 5) is 12.9. The lowest BCUT2D eigenvalue weighted by molar-refractivity contribution is -0.123. The first-order valence-corrected chi connectivity index (χ1v) is 9.59. The van der Waals surface area contributed by atoms with Crippen molar-refractivity contribution < 1.29 is 9.53 Å². The Kier molecular flexibility index (Phi) is 3.75. The Morgan fingerprint density at radius 3 is 3.00 bits per heavy atom. The summed E-state index contributed by atoms with van der Waals surface area (Å²) in [7, 11) is 0. The molecule has 1 amide bonds. The number of rotatable bonds is 3. The molecule has 0 radical (unpaired) electrons. The zero-order valence-corrected chi connectivity index (χ0v) is 14.8. The maximum atomic E-state index is 12.9. The Labute approximate surface area is 153 Å². The summed E-state index contributed by atoms with van der Waals surface area (Å²) in [6.45, 7) is 2.33. The molecule has 4 heteroatoms. The molecule has 2 aliphatic heterocycles. The van der Waals surface area contributed by atoms with Crippen molar-refractivity contribution in [2.45, 2.75) is 30.7 Å². The number of amides is 1. The fraction of sp³-hybridized carbons (Fsp3) is 0.409. The molecular formula is C22H24N2O2. The summed E-state index contributed by atoms with van der Waals surface area (Å²) in [5.74, 6) is 1.22. The first-order chi connectivity index (χ1) is 12.8. The zero-order chi connectivity index (χ0) is 17.6. The van der Waals surface area contributed by atoms with Gasteiger partial charge in [0.1, 0.15) is 5.75 Å². The number of fused-ring (bicyclic) bond motifs is 3. The number of hydrogen-bond acceptors (Lipinski definition) is 3. The third-order valence-electron chi connectivity index (χ3n) is 6.32. The van der Waals surface area contributed by atoms with Gasteiger partial charge in [-0.15, -0.1) is 0 Å². The van der Waals surface area contributed by atoms with E-state index in [-0.39, 0.29) is 23.3 Å². The van der Waals surface area contributed by atoms with Crippen LogP contribution in [0.5, 0.6) is 5.75 Å². The van der Waals surface area contributed by atoms with Gasteiger partial charge in [-0.2, -0.15) is 0 Å². The maximum absolute atomic E-state index is 12.9. The second-order valence-corrected chi connectivity index (χ2v) is 7.71. The van der Waals surface area contributed by atoms with Gasteiger partial charge in [-0.3, -0.25) is 4.79 Å². The summed E-state index contributed by atoms with van der Waals surface area (Å²) in [6.07, 6.45) is 2.93. The Hall–Kier alpha value is -2.33. The van der Waals surface area contributed by atoms with E-state index in [2.05, 4.69) is 41.0 Å². The van der Waals surface area contributed by atoms with Crippen LogP contribution in [0.2, 0.25) is 0 Å². The monoisotopic (exact) mass is 348 g/mol. The van der Waals surface area contributed by atoms with Gasteiger partial charge in [0.2, 0.25) is 5.91 Å². The van der Waals surface area contributed by atoms with Crippen molar-refractivity contribution in [3.63, 3.8) is 0 Å². The summed E-state index contributed by atoms with van der Waals surface area (Å²) in [5, 5.41) is 6.76. The van der Waals surface area contributed by atoms with E-state index >= 15 is 0 Å². The van der Waals surface area contributed by atoms with E-state index < -0.39 is 0 Å². The molecule has 3 atom stereocenters. The standard InChI is InChI=1S/C22H24N2O2/c25-21(24-14-19-16-6-2-1-5-15(16)9-11-23-19)18-13-22(18)10-12-26-20-8-4-3-7-17(20)22/h1-8,18-19,23H,9-14H2,(H,24,25). The lowest BCUT2D eigenvalue weighted by Gasteiger charge is -2.28. The minimum atomic E-state index is -0.00315. The summed E-state index contributed by atoms with van der Waals surface area (Å²) in [5.41, 5.74) is 3.93. The van der Waals surface area contributed by atoms with E-state index in [1.807, 2.05) is 18.2 Å². The Morgan fingerprint density at radius 1 is 1.19 bits per heavy atom. The van der Waals surface area contributed by atoms with Gasteiger partial charge in [0.05, 0.1) is 6.61 Å². The quantitative estimate of drug-likeness (QED) is 0.897. The van der Waals surface area contributed by atoms with Crippen molar-refractivity contribution in [2.24, 2.45) is 5.92 Å². The fourth-order valence-electron chi connectivity index (χ4n) is 4.81. The third-order valence-corrected chi connectivity index (χ3v) is 6.32. The summed E-state index contributed by atoms with van der Waals surface area (Å²) < 4.78 is 5.78. The minimum absolute atomic E-state index is 0.00315. The highest BCUT2D eigenvalue weighted by Gasteiger charge is 2.60. The van der Waals surface area contributed by atoms with Crippen LogP contribution in [-0.2, 0) is 16.6 Å². The Bertz CT molecular complexity index is 850. The number of carbonyl (C=O) groups is 1. The van der Waals surface area contributed by atoms with Crippen molar-refractivity contribution in [3.05, 3.63) is 65.2 Å². The number of nitrogens with one attached hydrogen (secondary N) is 2. The van der Waals surface area contributed by atoms with Gasteiger partial charge in [0.25, 0.3) is 0 Å². The number of hydrogen-bond donors (Lipinski definition) is 2. The van der Waals surface area contributed by atoms with E-state index in [0.717, 1.165) is 31.6 Å². The highest BCUT2D eigenvalue weighted by molar-refractivity contribution is 5.85. The molecule has 1 spiro atoms. The van der Waals surface area contributed by atoms with Crippen LogP contribution in [0, 0.1) is 5.92 Å². The minimum Gasteiger partial charge on any atom is -0.493 e. The molecule has 26 heavy (non-hydrogen) atoms. The van der Waals surface area contributed by atoms with E-state index in [9.17, 15) is 4.79 Å². The molecule has 2 heterocycles. The molecule has 2 aromatic rings. The topological polar surface area (TPSA) is 50.4 Å². The molecule has 2 N–H and O–H groups in total. The average molecular weight is 348 g/mol. The lowest BCUT2D eigenvalue weighted by Crippen LogP contribution is -2.40. The smallest absolute Gasteiger partial charge is 0.224 e. The van der Waals surface area contributed by atoms with Gasteiger partial charge in [0.15, 0.2) is 0 Å². The normalized spacial score (nSPS) is 28.6. The largest absolute Gasteiger partial charge is 0.493 e. The molecule has 3 aliphatic rings. The van der Waals surface area contributed by atoms with Crippen LogP contribution < -0.4 is 15.4 Å². The van der Waals surface area contributed by atoms with Crippen LogP contribution in [-0.4, -0.2) is 25.6 Å². The average Bonchev–Trinajstić information content (AvgIpc) is 3.41. The van der Waals surface area contributed by atoms with Crippen molar-refractivity contribution >= 4 is 5.91 Å². The lowest BCUT2D eigenvalue weighted by atomic mass is 9.87. The number of ether oxygens (including phenoxy) is 1. The molecule has 3 unspecified atom stereocenters. The van der Waals surface area contributed by atoms with Crippen LogP contribution in [0.15, 0.2) is 48.5 Å². The summed E-state index contributed by atoms with van der Waals surface area (Å²) >= 11 is 0. The maximum Gasteiger partial charge on any atom is 0.224 e. The van der Waals surface area contributed by atoms with E-state index in [4.69, 9.17) is 4.74 Å². The van der Waals surface area contributed by atoms with Gasteiger partial charge >= 0.3 is 0 Å². The van der Waals surface area contributed by atoms with Gasteiger partial charge in [-0.25, -0.2) is 0 Å². The highest BCUT2D eigenvalue weighted by Crippen LogP contribution is 2.60. The van der Waals surface area contributed by atoms with Gasteiger partial charge in [-0.1, -0.05) is 42.5 Å². The van der Waals surface area contributed by atoms with E-state index in [0.29, 0.717) is 13.2 Å². The van der Waals surface area contributed by atoms with Crippen molar-refractivity contribution in [1.82, 2.24) is 10.6 Å². The van der Waals surface area contributed by atoms with Gasteiger partial charge in [-0.05, 0) is 43.0 Å². The molecule has 1 aliphatic carbocycles. The van der Waals surface area contributed by atoms with Gasteiger partial charge in [0, 0.05) is 29.5 Å². The first-order valence-electron chi connectivity index (χ1n) is 9.59.